The van der Waals surface area contributed by atoms with Crippen LogP contribution < -0.4 is 4.90 Å². The topological polar surface area (TPSA) is 36.4 Å². The van der Waals surface area contributed by atoms with Crippen molar-refractivity contribution in [3.8, 4) is 0 Å². The smallest absolute Gasteiger partial charge is 0.233 e. The molecule has 1 aromatic carbocycles. The van der Waals surface area contributed by atoms with Crippen molar-refractivity contribution in [1.29, 1.82) is 0 Å². The lowest BCUT2D eigenvalue weighted by atomic mass is 10.2. The third-order valence-electron chi connectivity index (χ3n) is 3.88. The van der Waals surface area contributed by atoms with Crippen LogP contribution in [0.1, 0.15) is 0 Å². The molecule has 7 heteroatoms. The van der Waals surface area contributed by atoms with E-state index in [2.05, 4.69) is 4.98 Å². The molecule has 1 aromatic heterocycles. The van der Waals surface area contributed by atoms with Gasteiger partial charge in [0.25, 0.3) is 0 Å². The maximum Gasteiger partial charge on any atom is 0.233 e. The van der Waals surface area contributed by atoms with Crippen molar-refractivity contribution >= 4 is 35.0 Å². The number of piperazine rings is 1. The van der Waals surface area contributed by atoms with Crippen molar-refractivity contribution in [2.45, 2.75) is 5.03 Å². The molecule has 1 fully saturated rings. The summed E-state index contributed by atoms with van der Waals surface area (Å²) >= 11 is 7.39. The molecular weight excluding hydrogens is 349 g/mol. The number of aromatic nitrogens is 1. The minimum absolute atomic E-state index is 0.0508. The second-order valence-electron chi connectivity index (χ2n) is 5.40. The highest BCUT2D eigenvalue weighted by Crippen LogP contribution is 2.25. The molecule has 1 aliphatic heterocycles. The largest absolute Gasteiger partial charge is 0.366 e. The molecule has 0 N–H and O–H groups in total. The average molecular weight is 366 g/mol. The fraction of sp³-hybridized carbons (Fsp3) is 0.294. The van der Waals surface area contributed by atoms with Gasteiger partial charge in [-0.3, -0.25) is 4.79 Å². The predicted octanol–water partition coefficient (Wildman–Crippen LogP) is 3.32. The maximum atomic E-state index is 13.8. The van der Waals surface area contributed by atoms with Gasteiger partial charge in [0.2, 0.25) is 5.91 Å². The first-order valence-electron chi connectivity index (χ1n) is 7.66. The van der Waals surface area contributed by atoms with E-state index in [1.165, 1.54) is 17.8 Å². The van der Waals surface area contributed by atoms with Crippen molar-refractivity contribution in [2.75, 3.05) is 36.8 Å². The lowest BCUT2D eigenvalue weighted by molar-refractivity contribution is -0.128. The number of thioether (sulfide) groups is 1. The lowest BCUT2D eigenvalue weighted by Gasteiger charge is -2.36. The molecule has 0 radical (unpaired) electrons. The highest BCUT2D eigenvalue weighted by atomic mass is 35.5. The number of pyridine rings is 1. The van der Waals surface area contributed by atoms with E-state index >= 15 is 0 Å². The number of anilines is 1. The van der Waals surface area contributed by atoms with Crippen LogP contribution in [0.3, 0.4) is 0 Å². The van der Waals surface area contributed by atoms with Gasteiger partial charge in [-0.2, -0.15) is 0 Å². The van der Waals surface area contributed by atoms with Gasteiger partial charge in [-0.25, -0.2) is 9.37 Å². The third kappa shape index (κ3) is 3.99. The fourth-order valence-corrected chi connectivity index (χ4v) is 3.67. The van der Waals surface area contributed by atoms with Gasteiger partial charge in [-0.05, 0) is 24.3 Å². The first kappa shape index (κ1) is 17.0. The van der Waals surface area contributed by atoms with Crippen LogP contribution >= 0.6 is 23.4 Å². The first-order chi connectivity index (χ1) is 11.6. The predicted molar refractivity (Wildman–Crippen MR) is 95.2 cm³/mol. The number of carbonyl (C=O) groups is 1. The molecule has 0 bridgehead atoms. The summed E-state index contributed by atoms with van der Waals surface area (Å²) in [5.41, 5.74) is 0.597. The molecule has 1 amide bonds. The zero-order valence-corrected chi connectivity index (χ0v) is 14.6. The molecule has 1 aliphatic rings. The van der Waals surface area contributed by atoms with Crippen LogP contribution in [0.15, 0.2) is 47.6 Å². The number of para-hydroxylation sites is 1. The minimum Gasteiger partial charge on any atom is -0.366 e. The molecule has 1 saturated heterocycles. The van der Waals surface area contributed by atoms with E-state index in [-0.39, 0.29) is 11.7 Å². The summed E-state index contributed by atoms with van der Waals surface area (Å²) < 4.78 is 13.8. The van der Waals surface area contributed by atoms with Crippen LogP contribution in [-0.2, 0) is 4.79 Å². The molecule has 0 aliphatic carbocycles. The lowest BCUT2D eigenvalue weighted by Crippen LogP contribution is -2.49. The van der Waals surface area contributed by atoms with Gasteiger partial charge in [0.1, 0.15) is 10.8 Å². The van der Waals surface area contributed by atoms with Crippen LogP contribution in [-0.4, -0.2) is 47.7 Å². The van der Waals surface area contributed by atoms with Gasteiger partial charge in [0, 0.05) is 32.4 Å². The molecule has 2 heterocycles. The summed E-state index contributed by atoms with van der Waals surface area (Å²) in [7, 11) is 0. The number of halogens is 2. The molecule has 24 heavy (non-hydrogen) atoms. The Morgan fingerprint density at radius 2 is 1.92 bits per heavy atom. The van der Waals surface area contributed by atoms with Gasteiger partial charge >= 0.3 is 0 Å². The molecule has 3 rings (SSSR count). The molecule has 0 spiro atoms. The summed E-state index contributed by atoms with van der Waals surface area (Å²) in [6, 6.07) is 10.2. The van der Waals surface area contributed by atoms with Crippen LogP contribution in [0, 0.1) is 5.82 Å². The van der Waals surface area contributed by atoms with Crippen LogP contribution in [0.2, 0.25) is 5.02 Å². The second-order valence-corrected chi connectivity index (χ2v) is 6.77. The molecule has 0 unspecified atom stereocenters. The van der Waals surface area contributed by atoms with E-state index < -0.39 is 0 Å². The molecule has 0 saturated carbocycles. The quantitative estimate of drug-likeness (QED) is 0.779. The maximum absolute atomic E-state index is 13.8. The summed E-state index contributed by atoms with van der Waals surface area (Å²) in [6.07, 6.45) is 1.66. The molecule has 126 valence electrons. The molecule has 4 nitrogen and oxygen atoms in total. The number of benzene rings is 1. The van der Waals surface area contributed by atoms with E-state index in [1.807, 2.05) is 11.0 Å². The van der Waals surface area contributed by atoms with Crippen molar-refractivity contribution in [1.82, 2.24) is 9.88 Å². The normalized spacial score (nSPS) is 14.8. The van der Waals surface area contributed by atoms with E-state index in [9.17, 15) is 9.18 Å². The monoisotopic (exact) mass is 365 g/mol. The SMILES string of the molecule is O=C(CSc1ncccc1Cl)N1CCN(c2ccccc2F)CC1. The Hall–Kier alpha value is -1.79. The Morgan fingerprint density at radius 3 is 2.62 bits per heavy atom. The van der Waals surface area contributed by atoms with E-state index in [0.29, 0.717) is 47.7 Å². The number of carbonyl (C=O) groups excluding carboxylic acids is 1. The number of nitrogens with zero attached hydrogens (tertiary/aromatic N) is 3. The highest BCUT2D eigenvalue weighted by molar-refractivity contribution is 8.00. The van der Waals surface area contributed by atoms with Gasteiger partial charge in [0.05, 0.1) is 16.5 Å². The fourth-order valence-electron chi connectivity index (χ4n) is 2.60. The standard InChI is InChI=1S/C17H17ClFN3OS/c18-13-4-3-7-20-17(13)24-12-16(23)22-10-8-21(9-11-22)15-6-2-1-5-14(15)19/h1-7H,8-12H2. The molecular formula is C17H17ClFN3OS. The zero-order valence-electron chi connectivity index (χ0n) is 13.0. The van der Waals surface area contributed by atoms with Gasteiger partial charge < -0.3 is 9.80 Å². The summed E-state index contributed by atoms with van der Waals surface area (Å²) in [5, 5.41) is 1.22. The Labute approximate surface area is 149 Å². The Balaban J connectivity index is 1.52. The van der Waals surface area contributed by atoms with Gasteiger partial charge in [-0.15, -0.1) is 0 Å². The number of hydrogen-bond donors (Lipinski definition) is 0. The Bertz CT molecular complexity index is 722. The zero-order chi connectivity index (χ0) is 16.9. The Kier molecular flexibility index (Phi) is 5.58. The second kappa shape index (κ2) is 7.85. The Morgan fingerprint density at radius 1 is 1.17 bits per heavy atom. The van der Waals surface area contributed by atoms with Crippen molar-refractivity contribution in [2.24, 2.45) is 0 Å². The number of hydrogen-bond acceptors (Lipinski definition) is 4. The van der Waals surface area contributed by atoms with Crippen LogP contribution in [0.4, 0.5) is 10.1 Å². The van der Waals surface area contributed by atoms with E-state index in [0.717, 1.165) is 0 Å². The van der Waals surface area contributed by atoms with E-state index in [4.69, 9.17) is 11.6 Å². The molecule has 2 aromatic rings. The van der Waals surface area contributed by atoms with Crippen LogP contribution in [0.25, 0.3) is 0 Å². The van der Waals surface area contributed by atoms with Gasteiger partial charge in [-0.1, -0.05) is 35.5 Å². The third-order valence-corrected chi connectivity index (χ3v) is 5.29. The van der Waals surface area contributed by atoms with Crippen molar-refractivity contribution < 1.29 is 9.18 Å². The van der Waals surface area contributed by atoms with Crippen molar-refractivity contribution in [3.05, 3.63) is 53.4 Å². The van der Waals surface area contributed by atoms with Crippen LogP contribution in [0.5, 0.6) is 0 Å². The van der Waals surface area contributed by atoms with Crippen molar-refractivity contribution in [3.63, 3.8) is 0 Å². The summed E-state index contributed by atoms with van der Waals surface area (Å²) in [6.45, 7) is 2.43. The number of rotatable bonds is 4. The minimum atomic E-state index is -0.224. The number of amides is 1. The average Bonchev–Trinajstić information content (AvgIpc) is 2.61. The van der Waals surface area contributed by atoms with Gasteiger partial charge in [0.15, 0.2) is 0 Å². The van der Waals surface area contributed by atoms with E-state index in [1.54, 1.807) is 35.4 Å². The first-order valence-corrected chi connectivity index (χ1v) is 9.02. The summed E-state index contributed by atoms with van der Waals surface area (Å²) in [4.78, 5) is 20.3. The summed E-state index contributed by atoms with van der Waals surface area (Å²) in [5.74, 6) is 0.128. The highest BCUT2D eigenvalue weighted by Gasteiger charge is 2.22. The molecule has 0 atom stereocenters.